The fourth-order valence-corrected chi connectivity index (χ4v) is 6.05. The van der Waals surface area contributed by atoms with Gasteiger partial charge in [-0.25, -0.2) is 9.48 Å². The van der Waals surface area contributed by atoms with E-state index in [1.54, 1.807) is 19.2 Å². The molecule has 3 atom stereocenters. The number of amides is 2. The van der Waals surface area contributed by atoms with Gasteiger partial charge in [0.05, 0.1) is 6.10 Å². The van der Waals surface area contributed by atoms with E-state index in [-0.39, 0.29) is 11.8 Å². The first-order valence-corrected chi connectivity index (χ1v) is 12.6. The molecule has 1 aromatic heterocycles. The topological polar surface area (TPSA) is 140 Å². The average molecular weight is 505 g/mol. The summed E-state index contributed by atoms with van der Waals surface area (Å²) in [6, 6.07) is 8.22. The fraction of sp³-hybridized carbons (Fsp3) is 0.429. The predicted molar refractivity (Wildman–Crippen MR) is 125 cm³/mol. The van der Waals surface area contributed by atoms with Gasteiger partial charge in [-0.05, 0) is 35.4 Å². The number of rotatable bonds is 9. The molecular formula is C21H24N6O5S2. The van der Waals surface area contributed by atoms with E-state index in [1.165, 1.54) is 33.1 Å². The van der Waals surface area contributed by atoms with Gasteiger partial charge in [-0.2, -0.15) is 0 Å². The van der Waals surface area contributed by atoms with Crippen molar-refractivity contribution in [2.24, 2.45) is 7.05 Å². The summed E-state index contributed by atoms with van der Waals surface area (Å²) in [5.74, 6) is -1.34. The second-order valence-electron chi connectivity index (χ2n) is 8.00. The van der Waals surface area contributed by atoms with Crippen LogP contribution in [-0.2, 0) is 26.2 Å². The maximum Gasteiger partial charge on any atom is 0.352 e. The molecule has 0 spiro atoms. The zero-order valence-electron chi connectivity index (χ0n) is 18.7. The van der Waals surface area contributed by atoms with Crippen molar-refractivity contribution in [2.45, 2.75) is 42.6 Å². The molecule has 0 saturated carbocycles. The van der Waals surface area contributed by atoms with Crippen molar-refractivity contribution in [1.82, 2.24) is 30.4 Å². The Labute approximate surface area is 204 Å². The van der Waals surface area contributed by atoms with Crippen LogP contribution in [0.2, 0.25) is 0 Å². The van der Waals surface area contributed by atoms with Gasteiger partial charge in [0, 0.05) is 18.6 Å². The molecule has 34 heavy (non-hydrogen) atoms. The van der Waals surface area contributed by atoms with Gasteiger partial charge in [-0.3, -0.25) is 14.5 Å². The quantitative estimate of drug-likeness (QED) is 0.378. The van der Waals surface area contributed by atoms with E-state index in [1.807, 2.05) is 32.0 Å². The van der Waals surface area contributed by atoms with Crippen molar-refractivity contribution in [3.8, 4) is 0 Å². The standard InChI is InChI=1S/C21H24N6O5S2/c1-11(2)32-16(12-7-5-4-6-8-12)17(28)22-14-18(29)27-15(20(30)31)13(9-33-19(14)27)10-34-21-23-24-25-26(21)3/h4-8,11,14,16,19H,9-10H2,1-3H3,(H,22,28)(H,30,31)/t14-,16-,19-/m1/s1. The molecule has 0 aliphatic carbocycles. The molecule has 2 aromatic rings. The van der Waals surface area contributed by atoms with Gasteiger partial charge in [0.1, 0.15) is 17.1 Å². The summed E-state index contributed by atoms with van der Waals surface area (Å²) < 4.78 is 7.32. The molecule has 0 unspecified atom stereocenters. The molecule has 11 nitrogen and oxygen atoms in total. The van der Waals surface area contributed by atoms with Crippen LogP contribution in [0.25, 0.3) is 0 Å². The number of aryl methyl sites for hydroxylation is 1. The van der Waals surface area contributed by atoms with Gasteiger partial charge in [0.25, 0.3) is 11.8 Å². The third-order valence-corrected chi connectivity index (χ3v) is 7.69. The maximum absolute atomic E-state index is 13.1. The van der Waals surface area contributed by atoms with Gasteiger partial charge >= 0.3 is 5.97 Å². The number of carboxylic acid groups (broad SMARTS) is 1. The number of aliphatic carboxylic acids is 1. The summed E-state index contributed by atoms with van der Waals surface area (Å²) in [6.07, 6.45) is -1.09. The second-order valence-corrected chi connectivity index (χ2v) is 10.1. The van der Waals surface area contributed by atoms with Crippen LogP contribution < -0.4 is 5.32 Å². The van der Waals surface area contributed by atoms with Crippen LogP contribution >= 0.6 is 23.5 Å². The molecule has 2 amide bonds. The van der Waals surface area contributed by atoms with Gasteiger partial charge in [0.2, 0.25) is 5.16 Å². The molecule has 0 radical (unpaired) electrons. The molecule has 1 fully saturated rings. The zero-order valence-corrected chi connectivity index (χ0v) is 20.4. The number of fused-ring (bicyclic) bond motifs is 1. The Morgan fingerprint density at radius 3 is 2.68 bits per heavy atom. The zero-order chi connectivity index (χ0) is 24.4. The van der Waals surface area contributed by atoms with E-state index in [4.69, 9.17) is 4.74 Å². The average Bonchev–Trinajstić information content (AvgIpc) is 3.23. The minimum atomic E-state index is -1.18. The largest absolute Gasteiger partial charge is 0.477 e. The highest BCUT2D eigenvalue weighted by Crippen LogP contribution is 2.41. The lowest BCUT2D eigenvalue weighted by molar-refractivity contribution is -0.153. The Hall–Kier alpha value is -2.90. The van der Waals surface area contributed by atoms with E-state index in [0.29, 0.717) is 27.8 Å². The highest BCUT2D eigenvalue weighted by Gasteiger charge is 2.54. The number of nitrogens with zero attached hydrogens (tertiary/aromatic N) is 5. The number of carbonyl (C=O) groups is 3. The Bertz CT molecular complexity index is 1120. The first-order valence-electron chi connectivity index (χ1n) is 10.5. The van der Waals surface area contributed by atoms with Gasteiger partial charge in [-0.1, -0.05) is 42.1 Å². The summed E-state index contributed by atoms with van der Waals surface area (Å²) in [5, 5.41) is 23.9. The van der Waals surface area contributed by atoms with E-state index < -0.39 is 35.3 Å². The van der Waals surface area contributed by atoms with Gasteiger partial charge in [-0.15, -0.1) is 16.9 Å². The fourth-order valence-electron chi connectivity index (χ4n) is 3.71. The summed E-state index contributed by atoms with van der Waals surface area (Å²) in [5.41, 5.74) is 1.24. The number of ether oxygens (including phenoxy) is 1. The van der Waals surface area contributed by atoms with Crippen LogP contribution in [0.3, 0.4) is 0 Å². The van der Waals surface area contributed by atoms with E-state index >= 15 is 0 Å². The molecule has 2 aliphatic heterocycles. The summed E-state index contributed by atoms with van der Waals surface area (Å²) in [7, 11) is 1.69. The predicted octanol–water partition coefficient (Wildman–Crippen LogP) is 1.21. The lowest BCUT2D eigenvalue weighted by Gasteiger charge is -2.49. The molecule has 1 saturated heterocycles. The minimum absolute atomic E-state index is 0.0417. The first-order chi connectivity index (χ1) is 16.3. The van der Waals surface area contributed by atoms with Crippen molar-refractivity contribution in [3.05, 3.63) is 47.2 Å². The van der Waals surface area contributed by atoms with Crippen LogP contribution in [0.15, 0.2) is 46.8 Å². The van der Waals surface area contributed by atoms with Crippen molar-refractivity contribution in [1.29, 1.82) is 0 Å². The Morgan fingerprint density at radius 2 is 2.06 bits per heavy atom. The Morgan fingerprint density at radius 1 is 1.32 bits per heavy atom. The van der Waals surface area contributed by atoms with E-state index in [9.17, 15) is 19.5 Å². The number of carbonyl (C=O) groups excluding carboxylic acids is 2. The number of tetrazole rings is 1. The molecule has 1 aromatic carbocycles. The number of carboxylic acids is 1. The molecular weight excluding hydrogens is 480 g/mol. The molecule has 0 bridgehead atoms. The minimum Gasteiger partial charge on any atom is -0.477 e. The number of hydrogen-bond acceptors (Lipinski definition) is 9. The number of aromatic nitrogens is 4. The van der Waals surface area contributed by atoms with Crippen molar-refractivity contribution in [3.63, 3.8) is 0 Å². The van der Waals surface area contributed by atoms with Gasteiger partial charge < -0.3 is 15.2 Å². The Kier molecular flexibility index (Phi) is 7.24. The molecule has 2 aliphatic rings. The summed E-state index contributed by atoms with van der Waals surface area (Å²) in [4.78, 5) is 39.4. The van der Waals surface area contributed by atoms with Crippen LogP contribution in [-0.4, -0.2) is 77.0 Å². The molecule has 3 heterocycles. The molecule has 13 heteroatoms. The number of benzene rings is 1. The van der Waals surface area contributed by atoms with Gasteiger partial charge in [0.15, 0.2) is 6.10 Å². The van der Waals surface area contributed by atoms with E-state index in [2.05, 4.69) is 20.8 Å². The smallest absolute Gasteiger partial charge is 0.352 e. The molecule has 2 N–H and O–H groups in total. The number of nitrogens with one attached hydrogen (secondary N) is 1. The van der Waals surface area contributed by atoms with Crippen molar-refractivity contribution >= 4 is 41.3 Å². The van der Waals surface area contributed by atoms with Crippen molar-refractivity contribution < 1.29 is 24.2 Å². The highest BCUT2D eigenvalue weighted by atomic mass is 32.2. The lowest BCUT2D eigenvalue weighted by atomic mass is 10.0. The van der Waals surface area contributed by atoms with Crippen LogP contribution in [0.4, 0.5) is 0 Å². The van der Waals surface area contributed by atoms with Crippen LogP contribution in [0.5, 0.6) is 0 Å². The SMILES string of the molecule is CC(C)O[C@@H](C(=O)N[C@@H]1C(=O)N2C(C(=O)O)=C(CSc3nnnn3C)CS[C@H]12)c1ccccc1. The lowest BCUT2D eigenvalue weighted by Crippen LogP contribution is -2.71. The molecule has 180 valence electrons. The third kappa shape index (κ3) is 4.81. The van der Waals surface area contributed by atoms with E-state index in [0.717, 1.165) is 0 Å². The first kappa shape index (κ1) is 24.2. The van der Waals surface area contributed by atoms with Crippen LogP contribution in [0.1, 0.15) is 25.5 Å². The monoisotopic (exact) mass is 504 g/mol. The second kappa shape index (κ2) is 10.2. The maximum atomic E-state index is 13.1. The van der Waals surface area contributed by atoms with Crippen molar-refractivity contribution in [2.75, 3.05) is 11.5 Å². The Balaban J connectivity index is 1.48. The molecule has 4 rings (SSSR count). The highest BCUT2D eigenvalue weighted by molar-refractivity contribution is 8.01. The number of thioether (sulfide) groups is 2. The van der Waals surface area contributed by atoms with Crippen LogP contribution in [0, 0.1) is 0 Å². The summed E-state index contributed by atoms with van der Waals surface area (Å²) in [6.45, 7) is 3.66. The third-order valence-electron chi connectivity index (χ3n) is 5.25. The number of hydrogen-bond donors (Lipinski definition) is 2. The number of β-lactam (4-membered cyclic amide) rings is 1. The normalized spacial score (nSPS) is 20.7. The summed E-state index contributed by atoms with van der Waals surface area (Å²) >= 11 is 2.71.